The lowest BCUT2D eigenvalue weighted by atomic mass is 10.1. The average molecular weight is 302 g/mol. The molecule has 0 saturated heterocycles. The van der Waals surface area contributed by atoms with Gasteiger partial charge in [0.05, 0.1) is 6.54 Å². The Kier molecular flexibility index (Phi) is 5.41. The maximum atomic E-state index is 12.1. The van der Waals surface area contributed by atoms with E-state index in [2.05, 4.69) is 17.2 Å². The van der Waals surface area contributed by atoms with Crippen molar-refractivity contribution in [1.29, 1.82) is 0 Å². The topological polar surface area (TPSA) is 70.7 Å². The van der Waals surface area contributed by atoms with Crippen LogP contribution in [0.3, 0.4) is 0 Å². The van der Waals surface area contributed by atoms with Gasteiger partial charge in [0.2, 0.25) is 0 Å². The van der Waals surface area contributed by atoms with E-state index >= 15 is 0 Å². The Balaban J connectivity index is 1.98. The zero-order valence-corrected chi connectivity index (χ0v) is 13.7. The highest BCUT2D eigenvalue weighted by Gasteiger charge is 2.27. The van der Waals surface area contributed by atoms with Crippen LogP contribution < -0.4 is 11.1 Å². The Labute approximate surface area is 132 Å². The third-order valence-electron chi connectivity index (χ3n) is 4.06. The first-order valence-corrected chi connectivity index (χ1v) is 7.93. The second-order valence-electron chi connectivity index (χ2n) is 6.00. The summed E-state index contributed by atoms with van der Waals surface area (Å²) in [5.41, 5.74) is 7.64. The highest BCUT2D eigenvalue weighted by molar-refractivity contribution is 5.94. The van der Waals surface area contributed by atoms with Crippen LogP contribution in [0, 0.1) is 0 Å². The Morgan fingerprint density at radius 2 is 2.23 bits per heavy atom. The van der Waals surface area contributed by atoms with E-state index < -0.39 is 0 Å². The Morgan fingerprint density at radius 3 is 2.86 bits per heavy atom. The van der Waals surface area contributed by atoms with Crippen molar-refractivity contribution in [1.82, 2.24) is 10.2 Å². The Hall–Kier alpha value is -2.04. The van der Waals surface area contributed by atoms with Gasteiger partial charge in [0, 0.05) is 24.7 Å². The van der Waals surface area contributed by atoms with Crippen molar-refractivity contribution in [2.45, 2.75) is 51.7 Å². The third kappa shape index (κ3) is 4.48. The number of amides is 1. The van der Waals surface area contributed by atoms with E-state index in [-0.39, 0.29) is 11.9 Å². The van der Waals surface area contributed by atoms with Crippen molar-refractivity contribution in [3.05, 3.63) is 35.4 Å². The minimum absolute atomic E-state index is 0.0387. The lowest BCUT2D eigenvalue weighted by molar-refractivity contribution is 0.0939. The number of hydrogen-bond donors (Lipinski definition) is 2. The smallest absolute Gasteiger partial charge is 0.251 e. The zero-order chi connectivity index (χ0) is 16.1. The molecule has 0 heterocycles. The molecule has 0 radical (unpaired) electrons. The number of guanidine groups is 1. The molecule has 1 aliphatic rings. The van der Waals surface area contributed by atoms with Crippen LogP contribution >= 0.6 is 0 Å². The summed E-state index contributed by atoms with van der Waals surface area (Å²) in [5.74, 6) is 0.528. The first kappa shape index (κ1) is 16.3. The molecule has 2 rings (SSSR count). The molecule has 1 aromatic rings. The lowest BCUT2D eigenvalue weighted by Crippen LogP contribution is -2.35. The molecule has 22 heavy (non-hydrogen) atoms. The number of carbonyl (C=O) groups excluding carboxylic acids is 1. The molecule has 1 amide bonds. The normalized spacial score (nSPS) is 16.2. The van der Waals surface area contributed by atoms with Crippen molar-refractivity contribution in [3.63, 3.8) is 0 Å². The molecule has 1 aromatic carbocycles. The van der Waals surface area contributed by atoms with E-state index in [4.69, 9.17) is 5.73 Å². The maximum absolute atomic E-state index is 12.1. The molecule has 5 nitrogen and oxygen atoms in total. The molecule has 0 bridgehead atoms. The third-order valence-corrected chi connectivity index (χ3v) is 4.06. The molecule has 1 unspecified atom stereocenters. The minimum atomic E-state index is -0.0387. The van der Waals surface area contributed by atoms with Crippen LogP contribution in [0.5, 0.6) is 0 Å². The number of aliphatic imine (C=N–C) groups is 1. The van der Waals surface area contributed by atoms with Crippen LogP contribution in [0.15, 0.2) is 29.3 Å². The van der Waals surface area contributed by atoms with Gasteiger partial charge in [-0.15, -0.1) is 0 Å². The van der Waals surface area contributed by atoms with E-state index in [0.717, 1.165) is 12.0 Å². The summed E-state index contributed by atoms with van der Waals surface area (Å²) in [5, 5.41) is 2.97. The molecular formula is C17H26N4O. The van der Waals surface area contributed by atoms with Crippen molar-refractivity contribution < 1.29 is 4.79 Å². The van der Waals surface area contributed by atoms with Crippen LogP contribution in [0.4, 0.5) is 0 Å². The van der Waals surface area contributed by atoms with Gasteiger partial charge in [-0.3, -0.25) is 4.79 Å². The van der Waals surface area contributed by atoms with Gasteiger partial charge in [0.1, 0.15) is 0 Å². The fraction of sp³-hybridized carbons (Fsp3) is 0.529. The largest absolute Gasteiger partial charge is 0.370 e. The van der Waals surface area contributed by atoms with Gasteiger partial charge >= 0.3 is 0 Å². The molecule has 1 fully saturated rings. The highest BCUT2D eigenvalue weighted by atomic mass is 16.1. The monoisotopic (exact) mass is 302 g/mol. The van der Waals surface area contributed by atoms with Gasteiger partial charge in [-0.1, -0.05) is 19.1 Å². The van der Waals surface area contributed by atoms with Gasteiger partial charge in [-0.2, -0.15) is 0 Å². The van der Waals surface area contributed by atoms with Gasteiger partial charge < -0.3 is 16.0 Å². The second-order valence-corrected chi connectivity index (χ2v) is 6.00. The summed E-state index contributed by atoms with van der Waals surface area (Å²) in [6, 6.07) is 8.29. The first-order valence-electron chi connectivity index (χ1n) is 7.93. The predicted molar refractivity (Wildman–Crippen MR) is 89.8 cm³/mol. The predicted octanol–water partition coefficient (Wildman–Crippen LogP) is 2.12. The molecule has 0 aliphatic heterocycles. The van der Waals surface area contributed by atoms with Crippen molar-refractivity contribution >= 4 is 11.9 Å². The van der Waals surface area contributed by atoms with E-state index in [0.29, 0.717) is 24.1 Å². The minimum Gasteiger partial charge on any atom is -0.370 e. The SMILES string of the molecule is CCC(C)NC(=O)c1cccc(CN=C(N)N(C)C2CC2)c1. The summed E-state index contributed by atoms with van der Waals surface area (Å²) in [7, 11) is 1.98. The van der Waals surface area contributed by atoms with Crippen LogP contribution in [0.25, 0.3) is 0 Å². The van der Waals surface area contributed by atoms with Gasteiger partial charge in [-0.05, 0) is 43.9 Å². The van der Waals surface area contributed by atoms with Crippen LogP contribution in [-0.2, 0) is 6.54 Å². The van der Waals surface area contributed by atoms with E-state index in [1.165, 1.54) is 12.8 Å². The second kappa shape index (κ2) is 7.29. The average Bonchev–Trinajstić information content (AvgIpc) is 3.36. The summed E-state index contributed by atoms with van der Waals surface area (Å²) in [6.07, 6.45) is 3.30. The Morgan fingerprint density at radius 1 is 1.50 bits per heavy atom. The highest BCUT2D eigenvalue weighted by Crippen LogP contribution is 2.24. The number of nitrogens with one attached hydrogen (secondary N) is 1. The molecule has 1 aliphatic carbocycles. The summed E-state index contributed by atoms with van der Waals surface area (Å²) in [6.45, 7) is 4.54. The molecule has 3 N–H and O–H groups in total. The zero-order valence-electron chi connectivity index (χ0n) is 13.7. The lowest BCUT2D eigenvalue weighted by Gasteiger charge is -2.17. The fourth-order valence-electron chi connectivity index (χ4n) is 2.15. The molecule has 0 aromatic heterocycles. The van der Waals surface area contributed by atoms with Crippen molar-refractivity contribution in [3.8, 4) is 0 Å². The van der Waals surface area contributed by atoms with Gasteiger partial charge in [0.25, 0.3) is 5.91 Å². The van der Waals surface area contributed by atoms with Crippen molar-refractivity contribution in [2.24, 2.45) is 10.7 Å². The first-order chi connectivity index (χ1) is 10.5. The van der Waals surface area contributed by atoms with E-state index in [9.17, 15) is 4.79 Å². The summed E-state index contributed by atoms with van der Waals surface area (Å²) in [4.78, 5) is 18.6. The van der Waals surface area contributed by atoms with Crippen LogP contribution in [0.1, 0.15) is 49.0 Å². The van der Waals surface area contributed by atoms with Gasteiger partial charge in [0.15, 0.2) is 5.96 Å². The molecule has 0 spiro atoms. The number of benzene rings is 1. The molecule has 120 valence electrons. The van der Waals surface area contributed by atoms with Crippen molar-refractivity contribution in [2.75, 3.05) is 7.05 Å². The summed E-state index contributed by atoms with van der Waals surface area (Å²) < 4.78 is 0. The number of hydrogen-bond acceptors (Lipinski definition) is 2. The maximum Gasteiger partial charge on any atom is 0.251 e. The quantitative estimate of drug-likeness (QED) is 0.624. The van der Waals surface area contributed by atoms with Gasteiger partial charge in [-0.25, -0.2) is 4.99 Å². The Bertz CT molecular complexity index is 551. The van der Waals surface area contributed by atoms with Crippen LogP contribution in [-0.4, -0.2) is 35.9 Å². The van der Waals surface area contributed by atoms with E-state index in [1.54, 1.807) is 0 Å². The fourth-order valence-corrected chi connectivity index (χ4v) is 2.15. The number of nitrogens with zero attached hydrogens (tertiary/aromatic N) is 2. The molecule has 5 heteroatoms. The van der Waals surface area contributed by atoms with Crippen LogP contribution in [0.2, 0.25) is 0 Å². The number of rotatable bonds is 6. The molecular weight excluding hydrogens is 276 g/mol. The summed E-state index contributed by atoms with van der Waals surface area (Å²) >= 11 is 0. The molecule has 1 atom stereocenters. The van der Waals surface area contributed by atoms with E-state index in [1.807, 2.05) is 43.1 Å². The number of nitrogens with two attached hydrogens (primary N) is 1. The number of carbonyl (C=O) groups is 1. The standard InChI is InChI=1S/C17H26N4O/c1-4-12(2)20-16(22)14-7-5-6-13(10-14)11-19-17(18)21(3)15-8-9-15/h5-7,10,12,15H,4,8-9,11H2,1-3H3,(H2,18,19)(H,20,22). The molecule has 1 saturated carbocycles.